The lowest BCUT2D eigenvalue weighted by molar-refractivity contribution is 0.0945. The number of amides is 2. The van der Waals surface area contributed by atoms with Crippen molar-refractivity contribution in [3.8, 4) is 0 Å². The monoisotopic (exact) mass is 449 g/mol. The Kier molecular flexibility index (Phi) is 6.42. The number of nitrogens with one attached hydrogen (secondary N) is 3. The van der Waals surface area contributed by atoms with E-state index in [-0.39, 0.29) is 17.6 Å². The first-order valence-corrected chi connectivity index (χ1v) is 9.51. The van der Waals surface area contributed by atoms with Gasteiger partial charge in [-0.2, -0.15) is 4.68 Å². The number of rotatable bonds is 8. The Bertz CT molecular complexity index is 925. The van der Waals surface area contributed by atoms with Crippen molar-refractivity contribution in [1.82, 2.24) is 15.0 Å². The number of methoxy groups -OCH3 is 1. The second-order valence-electron chi connectivity index (χ2n) is 6.25. The zero-order valence-corrected chi connectivity index (χ0v) is 16.8. The molecule has 0 spiro atoms. The molecule has 148 valence electrons. The summed E-state index contributed by atoms with van der Waals surface area (Å²) in [5, 5.41) is 5.66. The molecule has 2 aromatic rings. The maximum absolute atomic E-state index is 12.9. The van der Waals surface area contributed by atoms with Crippen LogP contribution in [0.1, 0.15) is 33.6 Å². The van der Waals surface area contributed by atoms with E-state index in [1.54, 1.807) is 31.4 Å². The lowest BCUT2D eigenvalue weighted by Gasteiger charge is -2.15. The summed E-state index contributed by atoms with van der Waals surface area (Å²) in [6.45, 7) is 0.741. The minimum absolute atomic E-state index is 0.0946. The van der Waals surface area contributed by atoms with E-state index in [0.29, 0.717) is 18.7 Å². The fourth-order valence-corrected chi connectivity index (χ4v) is 2.63. The fourth-order valence-electron chi connectivity index (χ4n) is 2.36. The molecule has 0 aliphatic heterocycles. The number of ether oxygens (including phenoxy) is 1. The molecule has 1 aromatic carbocycles. The van der Waals surface area contributed by atoms with Gasteiger partial charge in [-0.25, -0.2) is 4.98 Å². The minimum Gasteiger partial charge on any atom is -0.383 e. The first-order valence-electron chi connectivity index (χ1n) is 8.72. The van der Waals surface area contributed by atoms with Crippen molar-refractivity contribution in [2.24, 2.45) is 0 Å². The number of hydrogen-bond donors (Lipinski definition) is 3. The van der Waals surface area contributed by atoms with Crippen molar-refractivity contribution >= 4 is 33.7 Å². The van der Waals surface area contributed by atoms with Crippen molar-refractivity contribution < 1.29 is 14.3 Å². The highest BCUT2D eigenvalue weighted by Gasteiger charge is 2.26. The number of aromatic nitrogens is 2. The SMILES string of the molecule is COCCNc1ncc(C(=O)NC2CC2)c(=O)n1NC(=O)c1ccc(Br)cc1. The van der Waals surface area contributed by atoms with E-state index in [1.807, 2.05) is 0 Å². The Morgan fingerprint density at radius 1 is 1.25 bits per heavy atom. The van der Waals surface area contributed by atoms with E-state index in [9.17, 15) is 14.4 Å². The molecule has 0 bridgehead atoms. The van der Waals surface area contributed by atoms with Gasteiger partial charge in [0.05, 0.1) is 6.61 Å². The molecule has 3 rings (SSSR count). The fraction of sp³-hybridized carbons (Fsp3) is 0.333. The molecule has 3 N–H and O–H groups in total. The summed E-state index contributed by atoms with van der Waals surface area (Å²) in [5.41, 5.74) is 2.06. The van der Waals surface area contributed by atoms with Gasteiger partial charge in [-0.15, -0.1) is 0 Å². The number of anilines is 1. The number of halogens is 1. The number of hydrogen-bond acceptors (Lipinski definition) is 6. The predicted molar refractivity (Wildman–Crippen MR) is 107 cm³/mol. The molecule has 1 aromatic heterocycles. The van der Waals surface area contributed by atoms with Crippen molar-refractivity contribution in [3.63, 3.8) is 0 Å². The molecule has 9 nitrogen and oxygen atoms in total. The Morgan fingerprint density at radius 3 is 2.61 bits per heavy atom. The lowest BCUT2D eigenvalue weighted by Crippen LogP contribution is -2.41. The molecule has 0 radical (unpaired) electrons. The second-order valence-corrected chi connectivity index (χ2v) is 7.17. The van der Waals surface area contributed by atoms with E-state index >= 15 is 0 Å². The molecule has 1 heterocycles. The quantitative estimate of drug-likeness (QED) is 0.523. The molecule has 1 saturated carbocycles. The molecule has 2 amide bonds. The van der Waals surface area contributed by atoms with Gasteiger partial charge >= 0.3 is 0 Å². The normalized spacial score (nSPS) is 13.1. The standard InChI is InChI=1S/C18H20BrN5O4/c1-28-9-8-20-18-21-10-14(16(26)22-13-6-7-13)17(27)24(18)23-15(25)11-2-4-12(19)5-3-11/h2-5,10,13H,6-9H2,1H3,(H,20,21)(H,22,26)(H,23,25). The molecule has 1 fully saturated rings. The first-order chi connectivity index (χ1) is 13.5. The van der Waals surface area contributed by atoms with E-state index in [4.69, 9.17) is 4.74 Å². The third-order valence-electron chi connectivity index (χ3n) is 4.03. The maximum Gasteiger partial charge on any atom is 0.286 e. The molecule has 10 heteroatoms. The van der Waals surface area contributed by atoms with Gasteiger partial charge in [-0.1, -0.05) is 15.9 Å². The van der Waals surface area contributed by atoms with Crippen molar-refractivity contribution in [2.45, 2.75) is 18.9 Å². The summed E-state index contributed by atoms with van der Waals surface area (Å²) in [4.78, 5) is 41.9. The van der Waals surface area contributed by atoms with Crippen LogP contribution in [-0.2, 0) is 4.74 Å². The summed E-state index contributed by atoms with van der Waals surface area (Å²) in [6, 6.07) is 6.75. The van der Waals surface area contributed by atoms with Gasteiger partial charge in [-0.05, 0) is 37.1 Å². The van der Waals surface area contributed by atoms with Crippen molar-refractivity contribution in [2.75, 3.05) is 31.0 Å². The predicted octanol–water partition coefficient (Wildman–Crippen LogP) is 1.34. The smallest absolute Gasteiger partial charge is 0.286 e. The molecule has 0 saturated heterocycles. The summed E-state index contributed by atoms with van der Waals surface area (Å²) >= 11 is 3.31. The Hall–Kier alpha value is -2.72. The highest BCUT2D eigenvalue weighted by atomic mass is 79.9. The highest BCUT2D eigenvalue weighted by molar-refractivity contribution is 9.10. The van der Waals surface area contributed by atoms with Crippen LogP contribution in [0, 0.1) is 0 Å². The van der Waals surface area contributed by atoms with E-state index in [1.165, 1.54) is 6.20 Å². The average Bonchev–Trinajstić information content (AvgIpc) is 3.49. The highest BCUT2D eigenvalue weighted by Crippen LogP contribution is 2.19. The Morgan fingerprint density at radius 2 is 1.96 bits per heavy atom. The number of nitrogens with zero attached hydrogens (tertiary/aromatic N) is 2. The number of carbonyl (C=O) groups excluding carboxylic acids is 2. The molecular formula is C18H20BrN5O4. The van der Waals surface area contributed by atoms with Gasteiger partial charge in [0.1, 0.15) is 5.56 Å². The first kappa shape index (κ1) is 20.0. The summed E-state index contributed by atoms with van der Waals surface area (Å²) < 4.78 is 6.74. The minimum atomic E-state index is -0.668. The molecule has 1 aliphatic carbocycles. The topological polar surface area (TPSA) is 114 Å². The van der Waals surface area contributed by atoms with Crippen LogP contribution in [0.3, 0.4) is 0 Å². The number of carbonyl (C=O) groups is 2. The average molecular weight is 450 g/mol. The van der Waals surface area contributed by atoms with Crippen molar-refractivity contribution in [1.29, 1.82) is 0 Å². The van der Waals surface area contributed by atoms with Gasteiger partial charge in [0.25, 0.3) is 17.4 Å². The van der Waals surface area contributed by atoms with Crippen LogP contribution < -0.4 is 21.6 Å². The Labute approximate surface area is 169 Å². The second kappa shape index (κ2) is 8.98. The third-order valence-corrected chi connectivity index (χ3v) is 4.56. The molecule has 0 atom stereocenters. The molecule has 0 unspecified atom stereocenters. The molecule has 28 heavy (non-hydrogen) atoms. The van der Waals surface area contributed by atoms with Gasteiger partial charge in [0.2, 0.25) is 5.95 Å². The van der Waals surface area contributed by atoms with Gasteiger partial charge < -0.3 is 15.4 Å². The lowest BCUT2D eigenvalue weighted by atomic mass is 10.2. The third kappa shape index (κ3) is 4.96. The molecule has 1 aliphatic rings. The van der Waals surface area contributed by atoms with Crippen molar-refractivity contribution in [3.05, 3.63) is 56.4 Å². The van der Waals surface area contributed by atoms with E-state index in [0.717, 1.165) is 22.0 Å². The van der Waals surface area contributed by atoms with Crippen LogP contribution in [0.2, 0.25) is 0 Å². The van der Waals surface area contributed by atoms with Gasteiger partial charge in [0, 0.05) is 35.9 Å². The van der Waals surface area contributed by atoms with E-state index < -0.39 is 17.4 Å². The van der Waals surface area contributed by atoms with Crippen LogP contribution in [0.15, 0.2) is 39.7 Å². The Balaban J connectivity index is 1.89. The van der Waals surface area contributed by atoms with Crippen LogP contribution in [-0.4, -0.2) is 47.8 Å². The summed E-state index contributed by atoms with van der Waals surface area (Å²) in [5.74, 6) is -0.906. The van der Waals surface area contributed by atoms with Crippen LogP contribution in [0.4, 0.5) is 5.95 Å². The van der Waals surface area contributed by atoms with E-state index in [2.05, 4.69) is 37.0 Å². The number of benzene rings is 1. The summed E-state index contributed by atoms with van der Waals surface area (Å²) in [6.07, 6.45) is 2.99. The zero-order valence-electron chi connectivity index (χ0n) is 15.2. The van der Waals surface area contributed by atoms with Crippen LogP contribution >= 0.6 is 15.9 Å². The summed E-state index contributed by atoms with van der Waals surface area (Å²) in [7, 11) is 1.54. The van der Waals surface area contributed by atoms with Gasteiger partial charge in [0.15, 0.2) is 0 Å². The largest absolute Gasteiger partial charge is 0.383 e. The zero-order chi connectivity index (χ0) is 20.1. The van der Waals surface area contributed by atoms with Crippen LogP contribution in [0.5, 0.6) is 0 Å². The van der Waals surface area contributed by atoms with Gasteiger partial charge in [-0.3, -0.25) is 19.8 Å². The van der Waals surface area contributed by atoms with Crippen LogP contribution in [0.25, 0.3) is 0 Å². The maximum atomic E-state index is 12.9. The molecular weight excluding hydrogens is 430 g/mol.